The van der Waals surface area contributed by atoms with E-state index in [0.717, 1.165) is 32.1 Å². The number of hydrogen-bond acceptors (Lipinski definition) is 7. The SMILES string of the molecule is CCCCCCCCCCCCCCCCCCCCCCCCCCCCCC(=O)O[C@H](COCCCCCCCCCCCCCCCCCCCC)COP(=O)([O-])OCC[N+](C)(C)C. The highest BCUT2D eigenvalue weighted by molar-refractivity contribution is 7.45. The molecule has 0 radical (unpaired) electrons. The largest absolute Gasteiger partial charge is 0.756 e. The Bertz CT molecular complexity index is 1040. The van der Waals surface area contributed by atoms with Gasteiger partial charge >= 0.3 is 5.97 Å². The summed E-state index contributed by atoms with van der Waals surface area (Å²) in [4.78, 5) is 25.3. The maximum Gasteiger partial charge on any atom is 0.306 e. The summed E-state index contributed by atoms with van der Waals surface area (Å²) in [5.41, 5.74) is 0. The molecule has 402 valence electrons. The van der Waals surface area contributed by atoms with Crippen LogP contribution >= 0.6 is 7.82 Å². The van der Waals surface area contributed by atoms with Crippen LogP contribution in [0.1, 0.15) is 309 Å². The van der Waals surface area contributed by atoms with Crippen LogP contribution in [0.15, 0.2) is 0 Å². The summed E-state index contributed by atoms with van der Waals surface area (Å²) in [5, 5.41) is 0. The van der Waals surface area contributed by atoms with Crippen LogP contribution < -0.4 is 4.89 Å². The zero-order chi connectivity index (χ0) is 49.0. The second kappa shape index (κ2) is 51.8. The molecule has 2 atom stereocenters. The molecule has 0 aromatic carbocycles. The number of carbonyl (C=O) groups excluding carboxylic acids is 1. The molecule has 0 heterocycles. The van der Waals surface area contributed by atoms with Crippen molar-refractivity contribution in [2.24, 2.45) is 0 Å². The first-order chi connectivity index (χ1) is 32.6. The lowest BCUT2D eigenvalue weighted by Crippen LogP contribution is -2.37. The van der Waals surface area contributed by atoms with Crippen molar-refractivity contribution in [2.45, 2.75) is 315 Å². The molecule has 9 heteroatoms. The molecule has 0 aromatic heterocycles. The minimum absolute atomic E-state index is 0.0320. The normalized spacial score (nSPS) is 13.3. The number of carbonyl (C=O) groups is 1. The van der Waals surface area contributed by atoms with Gasteiger partial charge in [0.25, 0.3) is 7.82 Å². The van der Waals surface area contributed by atoms with Gasteiger partial charge in [-0.15, -0.1) is 0 Å². The van der Waals surface area contributed by atoms with Crippen molar-refractivity contribution in [3.05, 3.63) is 0 Å². The van der Waals surface area contributed by atoms with E-state index in [1.807, 2.05) is 21.1 Å². The number of unbranched alkanes of at least 4 members (excludes halogenated alkanes) is 43. The molecule has 0 bridgehead atoms. The molecule has 0 saturated heterocycles. The maximum absolute atomic E-state index is 12.8. The standard InChI is InChI=1S/C58H118NO7P/c1-6-8-10-12-14-16-18-20-22-24-26-27-28-29-30-31-32-33-34-35-37-39-41-43-45-47-49-51-58(60)66-57(56-65-67(61,62)64-54-52-59(3,4)5)55-63-53-50-48-46-44-42-40-38-36-25-23-21-19-17-15-13-11-9-7-2/h57H,6-56H2,1-5H3/t57-/m1/s1. The van der Waals surface area contributed by atoms with E-state index in [0.29, 0.717) is 24.1 Å². The van der Waals surface area contributed by atoms with Gasteiger partial charge in [0.15, 0.2) is 0 Å². The molecule has 0 N–H and O–H groups in total. The summed E-state index contributed by atoms with van der Waals surface area (Å²) < 4.78 is 34.9. The monoisotopic (exact) mass is 972 g/mol. The van der Waals surface area contributed by atoms with Gasteiger partial charge in [-0.1, -0.05) is 290 Å². The molecule has 0 fully saturated rings. The average Bonchev–Trinajstić information content (AvgIpc) is 3.29. The van der Waals surface area contributed by atoms with Crippen molar-refractivity contribution in [3.63, 3.8) is 0 Å². The third-order valence-electron chi connectivity index (χ3n) is 13.7. The fraction of sp³-hybridized carbons (Fsp3) is 0.983. The second-order valence-corrected chi connectivity index (χ2v) is 23.1. The number of esters is 1. The summed E-state index contributed by atoms with van der Waals surface area (Å²) in [6.07, 6.45) is 60.1. The molecule has 8 nitrogen and oxygen atoms in total. The summed E-state index contributed by atoms with van der Waals surface area (Å²) in [6, 6.07) is 0. The topological polar surface area (TPSA) is 94.1 Å². The lowest BCUT2D eigenvalue weighted by Gasteiger charge is -2.28. The lowest BCUT2D eigenvalue weighted by molar-refractivity contribution is -0.870. The first kappa shape index (κ1) is 66.5. The third kappa shape index (κ3) is 56.3. The van der Waals surface area contributed by atoms with E-state index in [1.54, 1.807) is 0 Å². The van der Waals surface area contributed by atoms with Crippen LogP contribution in [0.25, 0.3) is 0 Å². The average molecular weight is 973 g/mol. The highest BCUT2D eigenvalue weighted by Crippen LogP contribution is 2.38. The molecular formula is C58H118NO7P. The molecule has 0 saturated carbocycles. The highest BCUT2D eigenvalue weighted by Gasteiger charge is 2.20. The second-order valence-electron chi connectivity index (χ2n) is 21.7. The van der Waals surface area contributed by atoms with E-state index < -0.39 is 13.9 Å². The number of hydrogen-bond donors (Lipinski definition) is 0. The Morgan fingerprint density at radius 1 is 0.403 bits per heavy atom. The summed E-state index contributed by atoms with van der Waals surface area (Å²) in [7, 11) is 1.38. The van der Waals surface area contributed by atoms with E-state index in [-0.39, 0.29) is 25.8 Å². The van der Waals surface area contributed by atoms with Crippen LogP contribution in [0, 0.1) is 0 Å². The van der Waals surface area contributed by atoms with Gasteiger partial charge in [0, 0.05) is 13.0 Å². The quantitative estimate of drug-likeness (QED) is 0.0259. The molecular weight excluding hydrogens is 854 g/mol. The van der Waals surface area contributed by atoms with Crippen LogP contribution in [0.4, 0.5) is 0 Å². The van der Waals surface area contributed by atoms with Crippen molar-refractivity contribution in [2.75, 3.05) is 54.1 Å². The molecule has 0 aliphatic rings. The predicted octanol–water partition coefficient (Wildman–Crippen LogP) is 18.1. The number of likely N-dealkylation sites (N-methyl/N-ethyl adjacent to an activating group) is 1. The minimum atomic E-state index is -4.53. The first-order valence-electron chi connectivity index (χ1n) is 29.8. The number of quaternary nitrogens is 1. The van der Waals surface area contributed by atoms with Crippen LogP contribution in [-0.4, -0.2) is 70.7 Å². The van der Waals surface area contributed by atoms with E-state index in [4.69, 9.17) is 18.5 Å². The lowest BCUT2D eigenvalue weighted by atomic mass is 10.0. The van der Waals surface area contributed by atoms with Crippen LogP contribution in [0.3, 0.4) is 0 Å². The zero-order valence-electron chi connectivity index (χ0n) is 45.9. The van der Waals surface area contributed by atoms with Gasteiger partial charge in [-0.25, -0.2) is 0 Å². The Kier molecular flexibility index (Phi) is 51.5. The number of ether oxygens (including phenoxy) is 2. The molecule has 0 aliphatic heterocycles. The van der Waals surface area contributed by atoms with Gasteiger partial charge in [-0.3, -0.25) is 9.36 Å². The van der Waals surface area contributed by atoms with Gasteiger partial charge in [-0.2, -0.15) is 0 Å². The fourth-order valence-corrected chi connectivity index (χ4v) is 9.81. The van der Waals surface area contributed by atoms with Crippen molar-refractivity contribution in [1.82, 2.24) is 0 Å². The van der Waals surface area contributed by atoms with Crippen molar-refractivity contribution < 1.29 is 37.3 Å². The van der Waals surface area contributed by atoms with E-state index in [1.165, 1.54) is 257 Å². The highest BCUT2D eigenvalue weighted by atomic mass is 31.2. The predicted molar refractivity (Wildman–Crippen MR) is 287 cm³/mol. The third-order valence-corrected chi connectivity index (χ3v) is 14.6. The first-order valence-corrected chi connectivity index (χ1v) is 31.2. The van der Waals surface area contributed by atoms with Crippen molar-refractivity contribution in [1.29, 1.82) is 0 Å². The molecule has 0 rings (SSSR count). The summed E-state index contributed by atoms with van der Waals surface area (Å²) in [5.74, 6) is -0.323. The zero-order valence-corrected chi connectivity index (χ0v) is 46.8. The molecule has 0 aliphatic carbocycles. The van der Waals surface area contributed by atoms with E-state index >= 15 is 0 Å². The number of phosphoric ester groups is 1. The van der Waals surface area contributed by atoms with Gasteiger partial charge < -0.3 is 27.9 Å². The van der Waals surface area contributed by atoms with Crippen LogP contribution in [0.5, 0.6) is 0 Å². The van der Waals surface area contributed by atoms with Gasteiger partial charge in [0.2, 0.25) is 0 Å². The number of nitrogens with zero attached hydrogens (tertiary/aromatic N) is 1. The van der Waals surface area contributed by atoms with Crippen LogP contribution in [-0.2, 0) is 27.9 Å². The van der Waals surface area contributed by atoms with Crippen molar-refractivity contribution >= 4 is 13.8 Å². The van der Waals surface area contributed by atoms with E-state index in [2.05, 4.69) is 13.8 Å². The molecule has 1 unspecified atom stereocenters. The summed E-state index contributed by atoms with van der Waals surface area (Å²) >= 11 is 0. The minimum Gasteiger partial charge on any atom is -0.756 e. The van der Waals surface area contributed by atoms with Crippen molar-refractivity contribution in [3.8, 4) is 0 Å². The molecule has 67 heavy (non-hydrogen) atoms. The Labute approximate surface area is 418 Å². The Morgan fingerprint density at radius 2 is 0.687 bits per heavy atom. The molecule has 0 spiro atoms. The van der Waals surface area contributed by atoms with E-state index in [9.17, 15) is 14.3 Å². The van der Waals surface area contributed by atoms with Gasteiger partial charge in [0.05, 0.1) is 34.4 Å². The Balaban J connectivity index is 3.96. The Hall–Kier alpha value is -0.500. The number of rotatable bonds is 57. The Morgan fingerprint density at radius 3 is 0.985 bits per heavy atom. The van der Waals surface area contributed by atoms with Gasteiger partial charge in [-0.05, 0) is 12.8 Å². The molecule has 0 amide bonds. The maximum atomic E-state index is 12.8. The smallest absolute Gasteiger partial charge is 0.306 e. The number of phosphoric acid groups is 1. The van der Waals surface area contributed by atoms with Crippen LogP contribution in [0.2, 0.25) is 0 Å². The summed E-state index contributed by atoms with van der Waals surface area (Å²) in [6.45, 7) is 5.51. The van der Waals surface area contributed by atoms with Gasteiger partial charge in [0.1, 0.15) is 19.3 Å². The molecule has 0 aromatic rings. The fourth-order valence-electron chi connectivity index (χ4n) is 9.08.